The molecule has 3 rings (SSSR count). The smallest absolute Gasteiger partial charge is 0.240 e. The van der Waals surface area contributed by atoms with Crippen molar-refractivity contribution in [2.75, 3.05) is 14.2 Å². The zero-order chi connectivity index (χ0) is 17.1. The van der Waals surface area contributed by atoms with Gasteiger partial charge in [-0.25, -0.2) is 5.01 Å². The highest BCUT2D eigenvalue weighted by Crippen LogP contribution is 2.34. The number of rotatable bonds is 4. The van der Waals surface area contributed by atoms with Crippen LogP contribution in [0.3, 0.4) is 0 Å². The van der Waals surface area contributed by atoms with Gasteiger partial charge >= 0.3 is 0 Å². The predicted octanol–water partition coefficient (Wildman–Crippen LogP) is 3.40. The molecular formula is C19H20N2O3. The zero-order valence-corrected chi connectivity index (χ0v) is 14.0. The SMILES string of the molecule is COc1cc(OC)cc(C2=NN(C(C)=O)C(c3ccccc3)C2)c1. The number of hydrazone groups is 1. The van der Waals surface area contributed by atoms with E-state index in [0.29, 0.717) is 17.9 Å². The molecule has 1 aliphatic heterocycles. The summed E-state index contributed by atoms with van der Waals surface area (Å²) in [5.41, 5.74) is 2.81. The van der Waals surface area contributed by atoms with E-state index in [-0.39, 0.29) is 11.9 Å². The van der Waals surface area contributed by atoms with Gasteiger partial charge in [-0.15, -0.1) is 0 Å². The van der Waals surface area contributed by atoms with Gasteiger partial charge in [-0.1, -0.05) is 30.3 Å². The summed E-state index contributed by atoms with van der Waals surface area (Å²) < 4.78 is 10.7. The van der Waals surface area contributed by atoms with Crippen molar-refractivity contribution >= 4 is 11.6 Å². The molecule has 0 radical (unpaired) electrons. The molecule has 1 unspecified atom stereocenters. The third kappa shape index (κ3) is 3.11. The van der Waals surface area contributed by atoms with Crippen molar-refractivity contribution in [2.45, 2.75) is 19.4 Å². The predicted molar refractivity (Wildman–Crippen MR) is 92.4 cm³/mol. The summed E-state index contributed by atoms with van der Waals surface area (Å²) >= 11 is 0. The van der Waals surface area contributed by atoms with Gasteiger partial charge in [-0.05, 0) is 17.7 Å². The minimum absolute atomic E-state index is 0.0753. The number of benzene rings is 2. The van der Waals surface area contributed by atoms with E-state index in [0.717, 1.165) is 16.8 Å². The van der Waals surface area contributed by atoms with Crippen LogP contribution in [-0.2, 0) is 4.79 Å². The third-order valence-corrected chi connectivity index (χ3v) is 4.10. The summed E-state index contributed by atoms with van der Waals surface area (Å²) in [5.74, 6) is 1.32. The number of ether oxygens (including phenoxy) is 2. The van der Waals surface area contributed by atoms with E-state index >= 15 is 0 Å². The van der Waals surface area contributed by atoms with E-state index in [1.54, 1.807) is 19.2 Å². The maximum atomic E-state index is 12.0. The van der Waals surface area contributed by atoms with Crippen molar-refractivity contribution in [3.63, 3.8) is 0 Å². The molecule has 0 saturated heterocycles. The summed E-state index contributed by atoms with van der Waals surface area (Å²) in [4.78, 5) is 12.0. The molecule has 124 valence electrons. The van der Waals surface area contributed by atoms with Crippen molar-refractivity contribution in [2.24, 2.45) is 5.10 Å². The first-order chi connectivity index (χ1) is 11.6. The summed E-state index contributed by atoms with van der Waals surface area (Å²) in [6.07, 6.45) is 0.653. The second kappa shape index (κ2) is 6.74. The van der Waals surface area contributed by atoms with E-state index in [1.165, 1.54) is 6.92 Å². The molecule has 0 spiro atoms. The van der Waals surface area contributed by atoms with E-state index < -0.39 is 0 Å². The largest absolute Gasteiger partial charge is 0.497 e. The monoisotopic (exact) mass is 324 g/mol. The minimum atomic E-state index is -0.0871. The molecule has 24 heavy (non-hydrogen) atoms. The average Bonchev–Trinajstić information content (AvgIpc) is 3.07. The Bertz CT molecular complexity index is 749. The van der Waals surface area contributed by atoms with Crippen molar-refractivity contribution in [3.8, 4) is 11.5 Å². The normalized spacial score (nSPS) is 16.7. The third-order valence-electron chi connectivity index (χ3n) is 4.10. The van der Waals surface area contributed by atoms with Crippen molar-refractivity contribution in [1.82, 2.24) is 5.01 Å². The lowest BCUT2D eigenvalue weighted by atomic mass is 9.98. The van der Waals surface area contributed by atoms with Crippen LogP contribution in [0.25, 0.3) is 0 Å². The Kier molecular flexibility index (Phi) is 4.51. The standard InChI is InChI=1S/C19H20N2O3/c1-13(22)21-19(14-7-5-4-6-8-14)12-18(20-21)15-9-16(23-2)11-17(10-15)24-3/h4-11,19H,12H2,1-3H3. The van der Waals surface area contributed by atoms with Crippen LogP contribution < -0.4 is 9.47 Å². The number of amides is 1. The Balaban J connectivity index is 1.98. The second-order valence-electron chi connectivity index (χ2n) is 5.64. The molecule has 0 aliphatic carbocycles. The van der Waals surface area contributed by atoms with Crippen molar-refractivity contribution in [3.05, 3.63) is 59.7 Å². The van der Waals surface area contributed by atoms with Crippen molar-refractivity contribution < 1.29 is 14.3 Å². The molecule has 5 nitrogen and oxygen atoms in total. The Hall–Kier alpha value is -2.82. The Labute approximate surface area is 141 Å². The number of hydrogen-bond donors (Lipinski definition) is 0. The fourth-order valence-corrected chi connectivity index (χ4v) is 2.88. The second-order valence-corrected chi connectivity index (χ2v) is 5.64. The highest BCUT2D eigenvalue weighted by atomic mass is 16.5. The van der Waals surface area contributed by atoms with Gasteiger partial charge in [0.05, 0.1) is 26.0 Å². The first-order valence-corrected chi connectivity index (χ1v) is 7.78. The lowest BCUT2D eigenvalue weighted by Gasteiger charge is -2.20. The zero-order valence-electron chi connectivity index (χ0n) is 14.0. The van der Waals surface area contributed by atoms with Gasteiger partial charge in [0.15, 0.2) is 0 Å². The van der Waals surface area contributed by atoms with E-state index in [1.807, 2.05) is 48.5 Å². The van der Waals surface area contributed by atoms with Gasteiger partial charge in [-0.2, -0.15) is 5.10 Å². The maximum absolute atomic E-state index is 12.0. The fraction of sp³-hybridized carbons (Fsp3) is 0.263. The molecule has 2 aromatic carbocycles. The molecule has 2 aromatic rings. The number of carbonyl (C=O) groups excluding carboxylic acids is 1. The molecule has 1 amide bonds. The molecule has 5 heteroatoms. The van der Waals surface area contributed by atoms with Crippen LogP contribution in [0.2, 0.25) is 0 Å². The van der Waals surface area contributed by atoms with E-state index in [9.17, 15) is 4.79 Å². The van der Waals surface area contributed by atoms with Crippen molar-refractivity contribution in [1.29, 1.82) is 0 Å². The van der Waals surface area contributed by atoms with Crippen LogP contribution in [0.1, 0.15) is 30.5 Å². The number of nitrogens with zero attached hydrogens (tertiary/aromatic N) is 2. The fourth-order valence-electron chi connectivity index (χ4n) is 2.88. The molecule has 1 heterocycles. The van der Waals surface area contributed by atoms with Crippen LogP contribution in [0.5, 0.6) is 11.5 Å². The van der Waals surface area contributed by atoms with Crippen LogP contribution >= 0.6 is 0 Å². The van der Waals surface area contributed by atoms with Crippen LogP contribution in [-0.4, -0.2) is 30.8 Å². The summed E-state index contributed by atoms with van der Waals surface area (Å²) in [5, 5.41) is 6.11. The van der Waals surface area contributed by atoms with E-state index in [2.05, 4.69) is 5.10 Å². The van der Waals surface area contributed by atoms with Gasteiger partial charge in [-0.3, -0.25) is 4.79 Å². The number of methoxy groups -OCH3 is 2. The average molecular weight is 324 g/mol. The number of carbonyl (C=O) groups is 1. The number of hydrogen-bond acceptors (Lipinski definition) is 4. The van der Waals surface area contributed by atoms with Gasteiger partial charge in [0.2, 0.25) is 5.91 Å². The molecule has 0 bridgehead atoms. The lowest BCUT2D eigenvalue weighted by molar-refractivity contribution is -0.130. The summed E-state index contributed by atoms with van der Waals surface area (Å²) in [6, 6.07) is 15.5. The molecule has 0 N–H and O–H groups in total. The van der Waals surface area contributed by atoms with Gasteiger partial charge in [0.25, 0.3) is 0 Å². The highest BCUT2D eigenvalue weighted by molar-refractivity contribution is 6.03. The van der Waals surface area contributed by atoms with Crippen LogP contribution in [0, 0.1) is 0 Å². The van der Waals surface area contributed by atoms with E-state index in [4.69, 9.17) is 9.47 Å². The van der Waals surface area contributed by atoms with Gasteiger partial charge < -0.3 is 9.47 Å². The molecular weight excluding hydrogens is 304 g/mol. The lowest BCUT2D eigenvalue weighted by Crippen LogP contribution is -2.24. The topological polar surface area (TPSA) is 51.1 Å². The molecule has 1 atom stereocenters. The molecule has 1 aliphatic rings. The highest BCUT2D eigenvalue weighted by Gasteiger charge is 2.31. The van der Waals surface area contributed by atoms with Crippen LogP contribution in [0.4, 0.5) is 0 Å². The molecule has 0 fully saturated rings. The summed E-state index contributed by atoms with van der Waals surface area (Å²) in [6.45, 7) is 1.54. The quantitative estimate of drug-likeness (QED) is 0.866. The maximum Gasteiger partial charge on any atom is 0.240 e. The Morgan fingerprint density at radius 1 is 1.08 bits per heavy atom. The van der Waals surface area contributed by atoms with Crippen LogP contribution in [0.15, 0.2) is 53.6 Å². The summed E-state index contributed by atoms with van der Waals surface area (Å²) in [7, 11) is 3.23. The van der Waals surface area contributed by atoms with Gasteiger partial charge in [0, 0.05) is 25.0 Å². The molecule has 0 saturated carbocycles. The minimum Gasteiger partial charge on any atom is -0.497 e. The molecule has 0 aromatic heterocycles. The first-order valence-electron chi connectivity index (χ1n) is 7.78. The van der Waals surface area contributed by atoms with Gasteiger partial charge in [0.1, 0.15) is 11.5 Å². The first kappa shape index (κ1) is 16.1. The Morgan fingerprint density at radius 3 is 2.25 bits per heavy atom. The Morgan fingerprint density at radius 2 is 1.71 bits per heavy atom.